The van der Waals surface area contributed by atoms with Gasteiger partial charge in [0.2, 0.25) is 10.0 Å². The molecular weight excluding hydrogens is 466 g/mol. The Labute approximate surface area is 194 Å². The number of halogens is 2. The summed E-state index contributed by atoms with van der Waals surface area (Å²) in [5, 5.41) is 3.01. The highest BCUT2D eigenvalue weighted by molar-refractivity contribution is 7.89. The third-order valence-corrected chi connectivity index (χ3v) is 8.56. The Bertz CT molecular complexity index is 1430. The van der Waals surface area contributed by atoms with Gasteiger partial charge in [-0.15, -0.1) is 11.3 Å². The van der Waals surface area contributed by atoms with Crippen molar-refractivity contribution in [2.24, 2.45) is 0 Å². The highest BCUT2D eigenvalue weighted by Crippen LogP contribution is 2.38. The summed E-state index contributed by atoms with van der Waals surface area (Å²) in [5.74, 6) is -1.49. The first-order valence-electron chi connectivity index (χ1n) is 10.3. The van der Waals surface area contributed by atoms with Crippen molar-refractivity contribution in [1.82, 2.24) is 14.3 Å². The second-order valence-corrected chi connectivity index (χ2v) is 10.7. The molecule has 5 rings (SSSR count). The third kappa shape index (κ3) is 3.98. The lowest BCUT2D eigenvalue weighted by atomic mass is 10.0. The number of benzene rings is 2. The van der Waals surface area contributed by atoms with E-state index in [4.69, 9.17) is 0 Å². The molecule has 0 unspecified atom stereocenters. The summed E-state index contributed by atoms with van der Waals surface area (Å²) in [4.78, 5) is 11.6. The molecule has 1 saturated heterocycles. The van der Waals surface area contributed by atoms with E-state index in [2.05, 4.69) is 39.6 Å². The largest absolute Gasteiger partial charge is 0.353 e. The summed E-state index contributed by atoms with van der Waals surface area (Å²) in [6.45, 7) is 3.28. The fraction of sp³-hybridized carbons (Fsp3) is 0.217. The number of sulfonamides is 1. The molecular formula is C23H20F2N4O2S2. The SMILES string of the molecule is Cc1ccc(-c2csc3ncnc(N4CCN(S(=O)(=O)c5ccc(F)c(F)c5)CC4)c23)cc1. The van der Waals surface area contributed by atoms with Gasteiger partial charge in [0.15, 0.2) is 11.6 Å². The Balaban J connectivity index is 1.42. The minimum atomic E-state index is -3.92. The van der Waals surface area contributed by atoms with Gasteiger partial charge in [0.25, 0.3) is 0 Å². The van der Waals surface area contributed by atoms with Crippen molar-refractivity contribution in [3.63, 3.8) is 0 Å². The number of hydrogen-bond acceptors (Lipinski definition) is 6. The van der Waals surface area contributed by atoms with Gasteiger partial charge in [-0.3, -0.25) is 0 Å². The van der Waals surface area contributed by atoms with E-state index < -0.39 is 21.7 Å². The molecule has 1 fully saturated rings. The molecule has 0 atom stereocenters. The summed E-state index contributed by atoms with van der Waals surface area (Å²) < 4.78 is 54.0. The predicted molar refractivity (Wildman–Crippen MR) is 125 cm³/mol. The number of aryl methyl sites for hydroxylation is 1. The fourth-order valence-electron chi connectivity index (χ4n) is 3.97. The molecule has 0 bridgehead atoms. The van der Waals surface area contributed by atoms with Crippen LogP contribution in [-0.4, -0.2) is 48.9 Å². The number of aromatic nitrogens is 2. The summed E-state index contributed by atoms with van der Waals surface area (Å²) in [7, 11) is -3.92. The van der Waals surface area contributed by atoms with E-state index in [1.165, 1.54) is 16.2 Å². The van der Waals surface area contributed by atoms with Gasteiger partial charge in [-0.1, -0.05) is 29.8 Å². The molecule has 0 aliphatic carbocycles. The number of thiophene rings is 1. The molecule has 0 N–H and O–H groups in total. The van der Waals surface area contributed by atoms with E-state index in [-0.39, 0.29) is 18.0 Å². The summed E-state index contributed by atoms with van der Waals surface area (Å²) >= 11 is 1.55. The molecule has 33 heavy (non-hydrogen) atoms. The van der Waals surface area contributed by atoms with Crippen LogP contribution in [-0.2, 0) is 10.0 Å². The number of nitrogens with zero attached hydrogens (tertiary/aromatic N) is 4. The first kappa shape index (κ1) is 21.9. The molecule has 0 spiro atoms. The number of anilines is 1. The number of hydrogen-bond donors (Lipinski definition) is 0. The molecule has 10 heteroatoms. The van der Waals surface area contributed by atoms with Crippen LogP contribution in [0.5, 0.6) is 0 Å². The maximum Gasteiger partial charge on any atom is 0.243 e. The molecule has 2 aromatic heterocycles. The lowest BCUT2D eigenvalue weighted by Crippen LogP contribution is -2.49. The molecule has 170 valence electrons. The monoisotopic (exact) mass is 486 g/mol. The molecule has 0 radical (unpaired) electrons. The van der Waals surface area contributed by atoms with Gasteiger partial charge in [-0.2, -0.15) is 4.31 Å². The van der Waals surface area contributed by atoms with E-state index in [9.17, 15) is 17.2 Å². The fourth-order valence-corrected chi connectivity index (χ4v) is 6.32. The minimum Gasteiger partial charge on any atom is -0.353 e. The van der Waals surface area contributed by atoms with Crippen LogP contribution in [0.2, 0.25) is 0 Å². The average molecular weight is 487 g/mol. The van der Waals surface area contributed by atoms with Gasteiger partial charge < -0.3 is 4.90 Å². The van der Waals surface area contributed by atoms with E-state index in [0.29, 0.717) is 13.1 Å². The quantitative estimate of drug-likeness (QED) is 0.426. The number of rotatable bonds is 4. The third-order valence-electron chi connectivity index (χ3n) is 5.78. The van der Waals surface area contributed by atoms with Crippen molar-refractivity contribution >= 4 is 37.4 Å². The first-order chi connectivity index (χ1) is 15.8. The van der Waals surface area contributed by atoms with E-state index in [1.807, 2.05) is 11.8 Å². The van der Waals surface area contributed by atoms with Gasteiger partial charge in [-0.05, 0) is 30.7 Å². The second-order valence-electron chi connectivity index (χ2n) is 7.86. The van der Waals surface area contributed by atoms with Crippen LogP contribution in [0, 0.1) is 18.6 Å². The molecule has 0 saturated carbocycles. The van der Waals surface area contributed by atoms with Gasteiger partial charge >= 0.3 is 0 Å². The van der Waals surface area contributed by atoms with Crippen LogP contribution in [0.25, 0.3) is 21.3 Å². The highest BCUT2D eigenvalue weighted by Gasteiger charge is 2.30. The van der Waals surface area contributed by atoms with Crippen molar-refractivity contribution < 1.29 is 17.2 Å². The molecule has 1 aliphatic heterocycles. The Hall–Kier alpha value is -2.95. The van der Waals surface area contributed by atoms with E-state index >= 15 is 0 Å². The molecule has 2 aromatic carbocycles. The predicted octanol–water partition coefficient (Wildman–Crippen LogP) is 4.46. The van der Waals surface area contributed by atoms with Crippen molar-refractivity contribution in [2.75, 3.05) is 31.1 Å². The second kappa shape index (κ2) is 8.44. The van der Waals surface area contributed by atoms with Crippen LogP contribution >= 0.6 is 11.3 Å². The Morgan fingerprint density at radius 2 is 1.67 bits per heavy atom. The van der Waals surface area contributed by atoms with Crippen molar-refractivity contribution in [3.8, 4) is 11.1 Å². The Morgan fingerprint density at radius 1 is 0.939 bits per heavy atom. The summed E-state index contributed by atoms with van der Waals surface area (Å²) in [5.41, 5.74) is 3.29. The standard InChI is InChI=1S/C23H20F2N4O2S2/c1-15-2-4-16(5-3-15)18-13-32-23-21(18)22(26-14-27-23)28-8-10-29(11-9-28)33(30,31)17-6-7-19(24)20(25)12-17/h2-7,12-14H,8-11H2,1H3. The molecule has 0 amide bonds. The molecule has 3 heterocycles. The van der Waals surface area contributed by atoms with Gasteiger partial charge in [0.1, 0.15) is 17.0 Å². The van der Waals surface area contributed by atoms with E-state index in [1.54, 1.807) is 11.3 Å². The lowest BCUT2D eigenvalue weighted by molar-refractivity contribution is 0.383. The van der Waals surface area contributed by atoms with Crippen LogP contribution in [0.3, 0.4) is 0 Å². The van der Waals surface area contributed by atoms with Crippen LogP contribution in [0.4, 0.5) is 14.6 Å². The minimum absolute atomic E-state index is 0.205. The van der Waals surface area contributed by atoms with Crippen LogP contribution < -0.4 is 4.90 Å². The van der Waals surface area contributed by atoms with Crippen molar-refractivity contribution in [3.05, 3.63) is 71.4 Å². The smallest absolute Gasteiger partial charge is 0.243 e. The van der Waals surface area contributed by atoms with Gasteiger partial charge in [0.05, 0.1) is 10.3 Å². The first-order valence-corrected chi connectivity index (χ1v) is 12.7. The summed E-state index contributed by atoms with van der Waals surface area (Å²) in [6, 6.07) is 10.9. The average Bonchev–Trinajstić information content (AvgIpc) is 3.26. The topological polar surface area (TPSA) is 66.4 Å². The van der Waals surface area contributed by atoms with Gasteiger partial charge in [0, 0.05) is 37.1 Å². The van der Waals surface area contributed by atoms with Crippen molar-refractivity contribution in [1.29, 1.82) is 0 Å². The molecule has 1 aliphatic rings. The lowest BCUT2D eigenvalue weighted by Gasteiger charge is -2.35. The van der Waals surface area contributed by atoms with E-state index in [0.717, 1.165) is 45.4 Å². The van der Waals surface area contributed by atoms with Crippen LogP contribution in [0.1, 0.15) is 5.56 Å². The molecule has 6 nitrogen and oxygen atoms in total. The number of fused-ring (bicyclic) bond motifs is 1. The van der Waals surface area contributed by atoms with Gasteiger partial charge in [-0.25, -0.2) is 27.2 Å². The normalized spacial score (nSPS) is 15.3. The maximum absolute atomic E-state index is 13.6. The van der Waals surface area contributed by atoms with Crippen molar-refractivity contribution in [2.45, 2.75) is 11.8 Å². The zero-order chi connectivity index (χ0) is 23.2. The van der Waals surface area contributed by atoms with Crippen LogP contribution in [0.15, 0.2) is 59.1 Å². The summed E-state index contributed by atoms with van der Waals surface area (Å²) in [6.07, 6.45) is 1.53. The zero-order valence-electron chi connectivity index (χ0n) is 17.7. The highest BCUT2D eigenvalue weighted by atomic mass is 32.2. The number of piperazine rings is 1. The zero-order valence-corrected chi connectivity index (χ0v) is 19.3. The Morgan fingerprint density at radius 3 is 2.36 bits per heavy atom. The molecule has 4 aromatic rings. The Kier molecular flexibility index (Phi) is 5.59. The maximum atomic E-state index is 13.6.